The topological polar surface area (TPSA) is 33.0 Å². The zero-order valence-electron chi connectivity index (χ0n) is 9.66. The van der Waals surface area contributed by atoms with Crippen LogP contribution in [0.4, 0.5) is 8.78 Å². The van der Waals surface area contributed by atoms with Crippen LogP contribution in [0.3, 0.4) is 0 Å². The first-order chi connectivity index (χ1) is 9.10. The Bertz CT molecular complexity index is 652. The molecule has 0 saturated heterocycles. The summed E-state index contributed by atoms with van der Waals surface area (Å²) in [5.74, 6) is -0.629. The van der Waals surface area contributed by atoms with Crippen LogP contribution in [0.25, 0.3) is 0 Å². The average molecular weight is 324 g/mol. The van der Waals surface area contributed by atoms with Gasteiger partial charge >= 0.3 is 0 Å². The molecule has 0 N–H and O–H groups in total. The van der Waals surface area contributed by atoms with Crippen LogP contribution in [-0.4, -0.2) is 0 Å². The quantitative estimate of drug-likeness (QED) is 0.849. The Kier molecular flexibility index (Phi) is 4.13. The van der Waals surface area contributed by atoms with E-state index in [1.54, 1.807) is 6.07 Å². The normalized spacial score (nSPS) is 10.0. The second-order valence-corrected chi connectivity index (χ2v) is 4.64. The van der Waals surface area contributed by atoms with Crippen molar-refractivity contribution in [2.24, 2.45) is 0 Å². The van der Waals surface area contributed by atoms with Crippen molar-refractivity contribution < 1.29 is 13.5 Å². The minimum Gasteiger partial charge on any atom is -0.488 e. The molecule has 0 atom stereocenters. The molecule has 5 heteroatoms. The lowest BCUT2D eigenvalue weighted by atomic mass is 10.1. The van der Waals surface area contributed by atoms with Gasteiger partial charge in [0.1, 0.15) is 30.1 Å². The summed E-state index contributed by atoms with van der Waals surface area (Å²) in [6.45, 7) is 0.122. The zero-order chi connectivity index (χ0) is 13.8. The van der Waals surface area contributed by atoms with Crippen LogP contribution in [0.15, 0.2) is 40.9 Å². The lowest BCUT2D eigenvalue weighted by Crippen LogP contribution is -1.98. The SMILES string of the molecule is N#Cc1cc(COc2cc(F)ccc2Br)ccc1F. The third-order valence-corrected chi connectivity index (χ3v) is 3.09. The Balaban J connectivity index is 2.15. The second-order valence-electron chi connectivity index (χ2n) is 3.79. The number of nitriles is 1. The molecule has 0 amide bonds. The highest BCUT2D eigenvalue weighted by atomic mass is 79.9. The fourth-order valence-corrected chi connectivity index (χ4v) is 1.86. The molecule has 2 aromatic rings. The maximum Gasteiger partial charge on any atom is 0.140 e. The predicted octanol–water partition coefficient (Wildman–Crippen LogP) is 4.18. The van der Waals surface area contributed by atoms with Gasteiger partial charge in [0.05, 0.1) is 10.0 Å². The van der Waals surface area contributed by atoms with Crippen LogP contribution >= 0.6 is 15.9 Å². The van der Waals surface area contributed by atoms with Crippen molar-refractivity contribution in [3.05, 3.63) is 63.6 Å². The van der Waals surface area contributed by atoms with E-state index in [1.165, 1.54) is 36.4 Å². The molecule has 0 radical (unpaired) electrons. The highest BCUT2D eigenvalue weighted by Gasteiger charge is 2.06. The molecule has 0 bridgehead atoms. The zero-order valence-corrected chi connectivity index (χ0v) is 11.2. The monoisotopic (exact) mass is 323 g/mol. The van der Waals surface area contributed by atoms with Gasteiger partial charge in [0.15, 0.2) is 0 Å². The second kappa shape index (κ2) is 5.81. The first-order valence-electron chi connectivity index (χ1n) is 5.36. The molecule has 0 saturated carbocycles. The van der Waals surface area contributed by atoms with Gasteiger partial charge in [0.25, 0.3) is 0 Å². The van der Waals surface area contributed by atoms with Crippen molar-refractivity contribution in [1.82, 2.24) is 0 Å². The molecule has 0 aliphatic heterocycles. The van der Waals surface area contributed by atoms with E-state index in [0.717, 1.165) is 0 Å². The summed E-state index contributed by atoms with van der Waals surface area (Å²) in [6.07, 6.45) is 0. The van der Waals surface area contributed by atoms with E-state index in [9.17, 15) is 8.78 Å². The van der Waals surface area contributed by atoms with E-state index in [-0.39, 0.29) is 12.2 Å². The van der Waals surface area contributed by atoms with Gasteiger partial charge in [-0.3, -0.25) is 0 Å². The van der Waals surface area contributed by atoms with Crippen molar-refractivity contribution in [3.8, 4) is 11.8 Å². The number of benzene rings is 2. The van der Waals surface area contributed by atoms with Gasteiger partial charge in [-0.15, -0.1) is 0 Å². The maximum atomic E-state index is 13.1. The van der Waals surface area contributed by atoms with Gasteiger partial charge in [-0.2, -0.15) is 5.26 Å². The fraction of sp³-hybridized carbons (Fsp3) is 0.0714. The molecular formula is C14H8BrF2NO. The van der Waals surface area contributed by atoms with Crippen LogP contribution in [0, 0.1) is 23.0 Å². The molecule has 0 aliphatic carbocycles. The number of nitrogens with zero attached hydrogens (tertiary/aromatic N) is 1. The van der Waals surface area contributed by atoms with E-state index in [4.69, 9.17) is 10.00 Å². The molecule has 0 aliphatic rings. The van der Waals surface area contributed by atoms with Gasteiger partial charge in [-0.05, 0) is 45.8 Å². The highest BCUT2D eigenvalue weighted by Crippen LogP contribution is 2.26. The third-order valence-electron chi connectivity index (χ3n) is 2.44. The summed E-state index contributed by atoms with van der Waals surface area (Å²) in [5.41, 5.74) is 0.591. The molecule has 0 unspecified atom stereocenters. The van der Waals surface area contributed by atoms with Crippen molar-refractivity contribution >= 4 is 15.9 Å². The van der Waals surface area contributed by atoms with Crippen molar-refractivity contribution in [2.75, 3.05) is 0 Å². The number of halogens is 3. The number of hydrogen-bond acceptors (Lipinski definition) is 2. The summed E-state index contributed by atoms with van der Waals surface area (Å²) >= 11 is 3.24. The summed E-state index contributed by atoms with van der Waals surface area (Å²) < 4.78 is 32.2. The van der Waals surface area contributed by atoms with Gasteiger partial charge in [-0.1, -0.05) is 6.07 Å². The van der Waals surface area contributed by atoms with Gasteiger partial charge < -0.3 is 4.74 Å². The summed E-state index contributed by atoms with van der Waals surface area (Å²) in [5, 5.41) is 8.72. The Morgan fingerprint density at radius 1 is 1.16 bits per heavy atom. The van der Waals surface area contributed by atoms with Gasteiger partial charge in [0, 0.05) is 6.07 Å². The molecule has 0 spiro atoms. The van der Waals surface area contributed by atoms with Crippen LogP contribution in [0.2, 0.25) is 0 Å². The fourth-order valence-electron chi connectivity index (χ4n) is 1.50. The van der Waals surface area contributed by atoms with E-state index in [1.807, 2.05) is 0 Å². The predicted molar refractivity (Wildman–Crippen MR) is 69.5 cm³/mol. The van der Waals surface area contributed by atoms with Crippen molar-refractivity contribution in [3.63, 3.8) is 0 Å². The maximum absolute atomic E-state index is 13.1. The summed E-state index contributed by atoms with van der Waals surface area (Å²) in [7, 11) is 0. The van der Waals surface area contributed by atoms with Crippen LogP contribution in [0.5, 0.6) is 5.75 Å². The van der Waals surface area contributed by atoms with Crippen LogP contribution in [-0.2, 0) is 6.61 Å². The molecule has 19 heavy (non-hydrogen) atoms. The van der Waals surface area contributed by atoms with Crippen molar-refractivity contribution in [1.29, 1.82) is 5.26 Å². The van der Waals surface area contributed by atoms with E-state index < -0.39 is 11.6 Å². The average Bonchev–Trinajstić information content (AvgIpc) is 2.41. The van der Waals surface area contributed by atoms with Gasteiger partial charge in [0.2, 0.25) is 0 Å². The van der Waals surface area contributed by atoms with Crippen LogP contribution in [0.1, 0.15) is 11.1 Å². The standard InChI is InChI=1S/C14H8BrF2NO/c15-12-3-2-11(16)6-14(12)19-8-9-1-4-13(17)10(5-9)7-18/h1-6H,8H2. The first-order valence-corrected chi connectivity index (χ1v) is 6.16. The number of ether oxygens (including phenoxy) is 1. The summed E-state index contributed by atoms with van der Waals surface area (Å²) in [4.78, 5) is 0. The Morgan fingerprint density at radius 2 is 1.95 bits per heavy atom. The van der Waals surface area contributed by atoms with E-state index >= 15 is 0 Å². The summed E-state index contributed by atoms with van der Waals surface area (Å²) in [6, 6.07) is 9.98. The molecular weight excluding hydrogens is 316 g/mol. The molecule has 0 heterocycles. The molecule has 2 nitrogen and oxygen atoms in total. The Hall–Kier alpha value is -1.93. The number of rotatable bonds is 3. The van der Waals surface area contributed by atoms with Crippen LogP contribution < -0.4 is 4.74 Å². The van der Waals surface area contributed by atoms with Crippen molar-refractivity contribution in [2.45, 2.75) is 6.61 Å². The Labute approximate surface area is 117 Å². The molecule has 0 fully saturated rings. The highest BCUT2D eigenvalue weighted by molar-refractivity contribution is 9.10. The minimum atomic E-state index is -0.571. The smallest absolute Gasteiger partial charge is 0.140 e. The molecule has 2 aromatic carbocycles. The Morgan fingerprint density at radius 3 is 2.68 bits per heavy atom. The first kappa shape index (κ1) is 13.5. The van der Waals surface area contributed by atoms with E-state index in [0.29, 0.717) is 15.8 Å². The molecule has 96 valence electrons. The molecule has 2 rings (SSSR count). The lowest BCUT2D eigenvalue weighted by molar-refractivity contribution is 0.302. The molecule has 0 aromatic heterocycles. The lowest BCUT2D eigenvalue weighted by Gasteiger charge is -2.08. The number of hydrogen-bond donors (Lipinski definition) is 0. The third kappa shape index (κ3) is 3.30. The van der Waals surface area contributed by atoms with Gasteiger partial charge in [-0.25, -0.2) is 8.78 Å². The largest absolute Gasteiger partial charge is 0.488 e. The van der Waals surface area contributed by atoms with E-state index in [2.05, 4.69) is 15.9 Å². The minimum absolute atomic E-state index is 0.0422.